The summed E-state index contributed by atoms with van der Waals surface area (Å²) < 4.78 is 5.03. The largest absolute Gasteiger partial charge is 0.417 e. The van der Waals surface area contributed by atoms with Crippen molar-refractivity contribution in [2.75, 3.05) is 17.2 Å². The number of nitrogen functional groups attached to an aromatic ring is 1. The molecule has 19 heavy (non-hydrogen) atoms. The van der Waals surface area contributed by atoms with Gasteiger partial charge in [0.15, 0.2) is 5.58 Å². The quantitative estimate of drug-likeness (QED) is 0.828. The molecule has 3 N–H and O–H groups in total. The molecular weight excluding hydrogens is 242 g/mol. The number of H-pyrrole nitrogens is 1. The van der Waals surface area contributed by atoms with Gasteiger partial charge in [-0.2, -0.15) is 0 Å². The number of aromatic amines is 1. The summed E-state index contributed by atoms with van der Waals surface area (Å²) in [6.45, 7) is 5.37. The van der Waals surface area contributed by atoms with E-state index in [1.165, 1.54) is 12.8 Å². The number of nitrogens with one attached hydrogen (secondary N) is 1. The molecule has 0 aliphatic heterocycles. The first kappa shape index (κ1) is 12.1. The number of fused-ring (bicyclic) bond motifs is 1. The first-order valence-corrected chi connectivity index (χ1v) is 6.73. The van der Waals surface area contributed by atoms with E-state index in [9.17, 15) is 4.79 Å². The number of nitrogens with two attached hydrogens (primary N) is 1. The van der Waals surface area contributed by atoms with Gasteiger partial charge in [-0.3, -0.25) is 4.98 Å². The maximum Gasteiger partial charge on any atom is 0.417 e. The lowest BCUT2D eigenvalue weighted by atomic mass is 10.1. The van der Waals surface area contributed by atoms with Crippen LogP contribution in [0.3, 0.4) is 0 Å². The molecule has 1 heterocycles. The summed E-state index contributed by atoms with van der Waals surface area (Å²) >= 11 is 0. The number of aromatic nitrogens is 1. The normalized spacial score (nSPS) is 15.3. The molecule has 5 heteroatoms. The van der Waals surface area contributed by atoms with Crippen molar-refractivity contribution < 1.29 is 4.42 Å². The Kier molecular flexibility index (Phi) is 2.77. The Labute approximate surface area is 111 Å². The molecule has 102 valence electrons. The van der Waals surface area contributed by atoms with E-state index in [2.05, 4.69) is 23.7 Å². The number of anilines is 2. The van der Waals surface area contributed by atoms with E-state index in [-0.39, 0.29) is 0 Å². The lowest BCUT2D eigenvalue weighted by Crippen LogP contribution is -2.30. The van der Waals surface area contributed by atoms with Crippen LogP contribution in [-0.4, -0.2) is 17.6 Å². The average molecular weight is 261 g/mol. The number of hydrogen-bond donors (Lipinski definition) is 2. The van der Waals surface area contributed by atoms with Crippen LogP contribution >= 0.6 is 0 Å². The monoisotopic (exact) mass is 261 g/mol. The van der Waals surface area contributed by atoms with Gasteiger partial charge in [0.25, 0.3) is 0 Å². The smallest absolute Gasteiger partial charge is 0.408 e. The standard InChI is InChI=1S/C14H19N3O2/c1-8(2)7-17(9-3-4-9)12-6-11-13(5-10(12)15)19-14(18)16-11/h5-6,8-9H,3-4,7,15H2,1-2H3,(H,16,18). The van der Waals surface area contributed by atoms with Crippen LogP contribution in [0.15, 0.2) is 21.3 Å². The molecule has 0 saturated heterocycles. The number of hydrogen-bond acceptors (Lipinski definition) is 4. The van der Waals surface area contributed by atoms with E-state index in [0.29, 0.717) is 28.7 Å². The summed E-state index contributed by atoms with van der Waals surface area (Å²) in [7, 11) is 0. The number of nitrogens with zero attached hydrogens (tertiary/aromatic N) is 1. The molecular formula is C14H19N3O2. The molecule has 0 radical (unpaired) electrons. The topological polar surface area (TPSA) is 75.3 Å². The predicted octanol–water partition coefficient (Wildman–Crippen LogP) is 2.33. The first-order chi connectivity index (χ1) is 9.04. The van der Waals surface area contributed by atoms with Crippen LogP contribution in [0.2, 0.25) is 0 Å². The molecule has 1 aliphatic rings. The Morgan fingerprint density at radius 2 is 2.21 bits per heavy atom. The van der Waals surface area contributed by atoms with E-state index in [4.69, 9.17) is 10.2 Å². The molecule has 3 rings (SSSR count). The molecule has 0 spiro atoms. The third-order valence-electron chi connectivity index (χ3n) is 3.43. The predicted molar refractivity (Wildman–Crippen MR) is 76.5 cm³/mol. The Hall–Kier alpha value is -1.91. The second-order valence-corrected chi connectivity index (χ2v) is 5.70. The molecule has 0 atom stereocenters. The van der Waals surface area contributed by atoms with Crippen molar-refractivity contribution in [3.05, 3.63) is 22.7 Å². The summed E-state index contributed by atoms with van der Waals surface area (Å²) in [5.41, 5.74) is 9.02. The fourth-order valence-electron chi connectivity index (χ4n) is 2.47. The zero-order chi connectivity index (χ0) is 13.6. The minimum atomic E-state index is -0.437. The van der Waals surface area contributed by atoms with Gasteiger partial charge in [0.05, 0.1) is 16.9 Å². The average Bonchev–Trinajstić information content (AvgIpc) is 3.08. The minimum absolute atomic E-state index is 0.437. The van der Waals surface area contributed by atoms with Crippen molar-refractivity contribution in [1.29, 1.82) is 0 Å². The molecule has 1 fully saturated rings. The highest BCUT2D eigenvalue weighted by Gasteiger charge is 2.30. The number of oxazole rings is 1. The number of benzene rings is 1. The highest BCUT2D eigenvalue weighted by Crippen LogP contribution is 2.37. The second-order valence-electron chi connectivity index (χ2n) is 5.70. The van der Waals surface area contributed by atoms with E-state index in [1.807, 2.05) is 6.07 Å². The Bertz CT molecular complexity index is 652. The van der Waals surface area contributed by atoms with E-state index in [1.54, 1.807) is 6.07 Å². The molecule has 1 aromatic carbocycles. The first-order valence-electron chi connectivity index (χ1n) is 6.73. The van der Waals surface area contributed by atoms with Crippen LogP contribution in [0, 0.1) is 5.92 Å². The van der Waals surface area contributed by atoms with Crippen molar-refractivity contribution in [3.63, 3.8) is 0 Å². The Morgan fingerprint density at radius 3 is 2.84 bits per heavy atom. The van der Waals surface area contributed by atoms with Crippen LogP contribution in [-0.2, 0) is 0 Å². The van der Waals surface area contributed by atoms with E-state index >= 15 is 0 Å². The van der Waals surface area contributed by atoms with E-state index < -0.39 is 5.76 Å². The lowest BCUT2D eigenvalue weighted by Gasteiger charge is -2.27. The number of rotatable bonds is 4. The van der Waals surface area contributed by atoms with Gasteiger partial charge in [-0.05, 0) is 24.8 Å². The third kappa shape index (κ3) is 2.32. The van der Waals surface area contributed by atoms with Crippen LogP contribution in [0.5, 0.6) is 0 Å². The molecule has 0 amide bonds. The van der Waals surface area contributed by atoms with Crippen molar-refractivity contribution in [1.82, 2.24) is 4.98 Å². The van der Waals surface area contributed by atoms with Crippen LogP contribution < -0.4 is 16.4 Å². The molecule has 0 bridgehead atoms. The van der Waals surface area contributed by atoms with Gasteiger partial charge >= 0.3 is 5.76 Å². The summed E-state index contributed by atoms with van der Waals surface area (Å²) in [6.07, 6.45) is 2.43. The van der Waals surface area contributed by atoms with Gasteiger partial charge in [-0.15, -0.1) is 0 Å². The summed E-state index contributed by atoms with van der Waals surface area (Å²) in [4.78, 5) is 16.3. The van der Waals surface area contributed by atoms with E-state index in [0.717, 1.165) is 12.2 Å². The molecule has 1 aromatic heterocycles. The van der Waals surface area contributed by atoms with Gasteiger partial charge in [0.1, 0.15) is 0 Å². The summed E-state index contributed by atoms with van der Waals surface area (Å²) in [5.74, 6) is 0.132. The van der Waals surface area contributed by atoms with Crippen molar-refractivity contribution in [3.8, 4) is 0 Å². The maximum absolute atomic E-state index is 11.2. The summed E-state index contributed by atoms with van der Waals surface area (Å²) in [5, 5.41) is 0. The zero-order valence-electron chi connectivity index (χ0n) is 11.3. The van der Waals surface area contributed by atoms with Crippen LogP contribution in [0.1, 0.15) is 26.7 Å². The highest BCUT2D eigenvalue weighted by atomic mass is 16.4. The molecule has 0 unspecified atom stereocenters. The maximum atomic E-state index is 11.2. The van der Waals surface area contributed by atoms with Gasteiger partial charge in [-0.25, -0.2) is 4.79 Å². The SMILES string of the molecule is CC(C)CN(c1cc2[nH]c(=O)oc2cc1N)C1CC1. The fraction of sp³-hybridized carbons (Fsp3) is 0.500. The van der Waals surface area contributed by atoms with Crippen molar-refractivity contribution in [2.24, 2.45) is 5.92 Å². The summed E-state index contributed by atoms with van der Waals surface area (Å²) in [6, 6.07) is 4.25. The van der Waals surface area contributed by atoms with Gasteiger partial charge in [-0.1, -0.05) is 13.8 Å². The van der Waals surface area contributed by atoms with Crippen molar-refractivity contribution in [2.45, 2.75) is 32.7 Å². The second kappa shape index (κ2) is 4.33. The third-order valence-corrected chi connectivity index (χ3v) is 3.43. The van der Waals surface area contributed by atoms with Crippen LogP contribution in [0.4, 0.5) is 11.4 Å². The minimum Gasteiger partial charge on any atom is -0.408 e. The molecule has 1 saturated carbocycles. The zero-order valence-corrected chi connectivity index (χ0v) is 11.3. The Morgan fingerprint density at radius 1 is 1.47 bits per heavy atom. The lowest BCUT2D eigenvalue weighted by molar-refractivity contribution is 0.555. The van der Waals surface area contributed by atoms with Crippen molar-refractivity contribution >= 4 is 22.5 Å². The fourth-order valence-corrected chi connectivity index (χ4v) is 2.47. The highest BCUT2D eigenvalue weighted by molar-refractivity contribution is 5.85. The molecule has 5 nitrogen and oxygen atoms in total. The Balaban J connectivity index is 2.05. The van der Waals surface area contributed by atoms with Gasteiger partial charge < -0.3 is 15.1 Å². The molecule has 1 aliphatic carbocycles. The van der Waals surface area contributed by atoms with Gasteiger partial charge in [0, 0.05) is 18.7 Å². The molecule has 2 aromatic rings. The van der Waals surface area contributed by atoms with Crippen LogP contribution in [0.25, 0.3) is 11.1 Å². The van der Waals surface area contributed by atoms with Gasteiger partial charge in [0.2, 0.25) is 0 Å².